The van der Waals surface area contributed by atoms with Crippen LogP contribution in [0.3, 0.4) is 0 Å². The van der Waals surface area contributed by atoms with E-state index in [0.29, 0.717) is 10.2 Å². The van der Waals surface area contributed by atoms with E-state index in [2.05, 4.69) is 25.4 Å². The predicted molar refractivity (Wildman–Crippen MR) is 109 cm³/mol. The number of benzene rings is 2. The molecule has 0 bridgehead atoms. The molecule has 7 nitrogen and oxygen atoms in total. The van der Waals surface area contributed by atoms with E-state index in [1.54, 1.807) is 24.3 Å². The molecule has 0 radical (unpaired) electrons. The molecule has 148 valence electrons. The summed E-state index contributed by atoms with van der Waals surface area (Å²) >= 11 is 3.25. The second-order valence-electron chi connectivity index (χ2n) is 5.97. The molecule has 0 saturated heterocycles. The van der Waals surface area contributed by atoms with Crippen LogP contribution in [0.2, 0.25) is 0 Å². The van der Waals surface area contributed by atoms with Crippen LogP contribution in [0.15, 0.2) is 79.5 Å². The summed E-state index contributed by atoms with van der Waals surface area (Å²) in [5.41, 5.74) is 1.04. The highest BCUT2D eigenvalue weighted by molar-refractivity contribution is 9.10. The third-order valence-electron chi connectivity index (χ3n) is 3.79. The van der Waals surface area contributed by atoms with Gasteiger partial charge in [-0.3, -0.25) is 4.72 Å². The molecule has 0 saturated carbocycles. The number of rotatable bonds is 7. The van der Waals surface area contributed by atoms with Gasteiger partial charge in [0.15, 0.2) is 0 Å². The van der Waals surface area contributed by atoms with Crippen molar-refractivity contribution in [3.05, 3.63) is 76.7 Å². The first kappa shape index (κ1) is 20.6. The molecule has 0 aliphatic heterocycles. The number of sulfonamides is 2. The van der Waals surface area contributed by atoms with Gasteiger partial charge in [-0.25, -0.2) is 21.6 Å². The van der Waals surface area contributed by atoms with Crippen molar-refractivity contribution in [2.75, 3.05) is 4.72 Å². The van der Waals surface area contributed by atoms with Crippen LogP contribution in [0.1, 0.15) is 11.3 Å². The Morgan fingerprint density at radius 1 is 0.964 bits per heavy atom. The molecule has 1 heterocycles. The van der Waals surface area contributed by atoms with Crippen LogP contribution in [0.5, 0.6) is 0 Å². The predicted octanol–water partition coefficient (Wildman–Crippen LogP) is 3.63. The van der Waals surface area contributed by atoms with E-state index in [1.165, 1.54) is 36.6 Å². The van der Waals surface area contributed by atoms with Gasteiger partial charge in [0.1, 0.15) is 10.7 Å². The van der Waals surface area contributed by atoms with Gasteiger partial charge >= 0.3 is 0 Å². The molecule has 0 atom stereocenters. The van der Waals surface area contributed by atoms with Crippen molar-refractivity contribution < 1.29 is 21.3 Å². The molecule has 28 heavy (non-hydrogen) atoms. The zero-order chi connectivity index (χ0) is 20.4. The number of nitrogens with one attached hydrogen (secondary N) is 2. The Kier molecular flexibility index (Phi) is 5.94. The standard InChI is InChI=1S/C18H17BrN2O5S2/c1-13-7-8-18(17(19)10-13)28(24,25)21-14-4-2-6-16(11-14)27(22,23)20-12-15-5-3-9-26-15/h2-11,20-21H,12H2,1H3. The Morgan fingerprint density at radius 2 is 1.75 bits per heavy atom. The van der Waals surface area contributed by atoms with Crippen LogP contribution < -0.4 is 9.44 Å². The second-order valence-corrected chi connectivity index (χ2v) is 10.2. The molecule has 3 aromatic rings. The number of hydrogen-bond donors (Lipinski definition) is 2. The molecule has 1 aromatic heterocycles. The number of furan rings is 1. The van der Waals surface area contributed by atoms with Crippen molar-refractivity contribution in [3.8, 4) is 0 Å². The van der Waals surface area contributed by atoms with Crippen LogP contribution in [-0.2, 0) is 26.6 Å². The van der Waals surface area contributed by atoms with E-state index < -0.39 is 20.0 Å². The van der Waals surface area contributed by atoms with Crippen molar-refractivity contribution in [1.29, 1.82) is 0 Å². The third-order valence-corrected chi connectivity index (χ3v) is 7.55. The largest absolute Gasteiger partial charge is 0.468 e. The minimum Gasteiger partial charge on any atom is -0.468 e. The Labute approximate surface area is 172 Å². The zero-order valence-corrected chi connectivity index (χ0v) is 17.9. The number of halogens is 1. The van der Waals surface area contributed by atoms with Crippen LogP contribution >= 0.6 is 15.9 Å². The fraction of sp³-hybridized carbons (Fsp3) is 0.111. The van der Waals surface area contributed by atoms with E-state index in [4.69, 9.17) is 4.42 Å². The van der Waals surface area contributed by atoms with Crippen molar-refractivity contribution in [2.24, 2.45) is 0 Å². The average molecular weight is 485 g/mol. The average Bonchev–Trinajstić information content (AvgIpc) is 3.13. The van der Waals surface area contributed by atoms with E-state index >= 15 is 0 Å². The van der Waals surface area contributed by atoms with Crippen LogP contribution in [0.4, 0.5) is 5.69 Å². The van der Waals surface area contributed by atoms with Crippen molar-refractivity contribution in [3.63, 3.8) is 0 Å². The topological polar surface area (TPSA) is 105 Å². The highest BCUT2D eigenvalue weighted by atomic mass is 79.9. The maximum atomic E-state index is 12.7. The maximum absolute atomic E-state index is 12.7. The Bertz CT molecular complexity index is 1190. The Balaban J connectivity index is 1.82. The molecule has 0 spiro atoms. The Hall–Kier alpha value is -2.14. The summed E-state index contributed by atoms with van der Waals surface area (Å²) in [7, 11) is -7.74. The first-order valence-corrected chi connectivity index (χ1v) is 11.8. The van der Waals surface area contributed by atoms with Gasteiger partial charge < -0.3 is 4.42 Å². The van der Waals surface area contributed by atoms with E-state index in [-0.39, 0.29) is 22.0 Å². The maximum Gasteiger partial charge on any atom is 0.263 e. The summed E-state index contributed by atoms with van der Waals surface area (Å²) in [6.07, 6.45) is 1.45. The molecule has 0 fully saturated rings. The molecule has 0 aliphatic carbocycles. The van der Waals surface area contributed by atoms with Gasteiger partial charge in [-0.2, -0.15) is 0 Å². The zero-order valence-electron chi connectivity index (χ0n) is 14.7. The number of anilines is 1. The first-order valence-electron chi connectivity index (χ1n) is 8.08. The fourth-order valence-corrected chi connectivity index (χ4v) is 5.70. The molecule has 0 aliphatic rings. The molecular weight excluding hydrogens is 468 g/mol. The van der Waals surface area contributed by atoms with Crippen LogP contribution in [-0.4, -0.2) is 16.8 Å². The lowest BCUT2D eigenvalue weighted by atomic mass is 10.2. The molecule has 3 rings (SSSR count). The summed E-state index contributed by atoms with van der Waals surface area (Å²) in [5, 5.41) is 0. The lowest BCUT2D eigenvalue weighted by Crippen LogP contribution is -2.23. The van der Waals surface area contributed by atoms with Gasteiger partial charge in [-0.05, 0) is 70.9 Å². The molecule has 2 aromatic carbocycles. The SMILES string of the molecule is Cc1ccc(S(=O)(=O)Nc2cccc(S(=O)(=O)NCc3ccco3)c2)c(Br)c1. The molecular formula is C18H17BrN2O5S2. The summed E-state index contributed by atoms with van der Waals surface area (Å²) in [6.45, 7) is 1.83. The summed E-state index contributed by atoms with van der Waals surface area (Å²) in [6, 6.07) is 13.7. The van der Waals surface area contributed by atoms with Crippen molar-refractivity contribution in [1.82, 2.24) is 4.72 Å². The van der Waals surface area contributed by atoms with Gasteiger partial charge in [0.05, 0.1) is 23.4 Å². The summed E-state index contributed by atoms with van der Waals surface area (Å²) < 4.78 is 60.6. The lowest BCUT2D eigenvalue weighted by molar-refractivity contribution is 0.498. The number of aryl methyl sites for hydroxylation is 1. The van der Waals surface area contributed by atoms with Crippen LogP contribution in [0.25, 0.3) is 0 Å². The normalized spacial score (nSPS) is 12.1. The third kappa shape index (κ3) is 4.82. The quantitative estimate of drug-likeness (QED) is 0.532. The first-order chi connectivity index (χ1) is 13.2. The highest BCUT2D eigenvalue weighted by Crippen LogP contribution is 2.26. The van der Waals surface area contributed by atoms with Crippen molar-refractivity contribution >= 4 is 41.7 Å². The molecule has 10 heteroatoms. The van der Waals surface area contributed by atoms with Gasteiger partial charge in [0.25, 0.3) is 10.0 Å². The summed E-state index contributed by atoms with van der Waals surface area (Å²) in [5.74, 6) is 0.463. The monoisotopic (exact) mass is 484 g/mol. The van der Waals surface area contributed by atoms with Crippen molar-refractivity contribution in [2.45, 2.75) is 23.3 Å². The minimum absolute atomic E-state index is 0.0123. The van der Waals surface area contributed by atoms with E-state index in [1.807, 2.05) is 6.92 Å². The second kappa shape index (κ2) is 8.08. The lowest BCUT2D eigenvalue weighted by Gasteiger charge is -2.12. The molecule has 2 N–H and O–H groups in total. The summed E-state index contributed by atoms with van der Waals surface area (Å²) in [4.78, 5) is -0.00969. The van der Waals surface area contributed by atoms with Gasteiger partial charge in [-0.15, -0.1) is 0 Å². The van der Waals surface area contributed by atoms with Gasteiger partial charge in [0, 0.05) is 4.47 Å². The fourth-order valence-electron chi connectivity index (χ4n) is 2.42. The van der Waals surface area contributed by atoms with Gasteiger partial charge in [0.2, 0.25) is 10.0 Å². The molecule has 0 unspecified atom stereocenters. The van der Waals surface area contributed by atoms with Crippen LogP contribution in [0, 0.1) is 6.92 Å². The van der Waals surface area contributed by atoms with Gasteiger partial charge in [-0.1, -0.05) is 12.1 Å². The molecule has 0 amide bonds. The Morgan fingerprint density at radius 3 is 2.43 bits per heavy atom. The minimum atomic E-state index is -3.90. The highest BCUT2D eigenvalue weighted by Gasteiger charge is 2.20. The smallest absolute Gasteiger partial charge is 0.263 e. The van der Waals surface area contributed by atoms with E-state index in [0.717, 1.165) is 5.56 Å². The van der Waals surface area contributed by atoms with E-state index in [9.17, 15) is 16.8 Å². The number of hydrogen-bond acceptors (Lipinski definition) is 5.